The van der Waals surface area contributed by atoms with Crippen LogP contribution in [0.3, 0.4) is 0 Å². The van der Waals surface area contributed by atoms with E-state index in [1.807, 2.05) is 30.7 Å². The van der Waals surface area contributed by atoms with Crippen LogP contribution in [0.25, 0.3) is 0 Å². The van der Waals surface area contributed by atoms with Crippen LogP contribution in [0.5, 0.6) is 0 Å². The van der Waals surface area contributed by atoms with Crippen LogP contribution in [-0.2, 0) is 0 Å². The molecule has 1 N–H and O–H groups in total. The molecule has 2 aromatic heterocycles. The largest absolute Gasteiger partial charge is 0.290 e. The summed E-state index contributed by atoms with van der Waals surface area (Å²) in [5.41, 5.74) is 5.63. The van der Waals surface area contributed by atoms with Crippen LogP contribution >= 0.6 is 0 Å². The van der Waals surface area contributed by atoms with E-state index < -0.39 is 4.92 Å². The third-order valence-electron chi connectivity index (χ3n) is 2.75. The number of hydrogen-bond donors (Lipinski definition) is 1. The minimum absolute atomic E-state index is 0.0292. The molecule has 2 heterocycles. The summed E-state index contributed by atoms with van der Waals surface area (Å²) in [5.74, 6) is 0.584. The zero-order valence-corrected chi connectivity index (χ0v) is 10.5. The Hall–Kier alpha value is -2.37. The van der Waals surface area contributed by atoms with E-state index >= 15 is 0 Å². The van der Waals surface area contributed by atoms with Crippen LogP contribution < -0.4 is 5.43 Å². The van der Waals surface area contributed by atoms with E-state index in [4.69, 9.17) is 0 Å². The van der Waals surface area contributed by atoms with Gasteiger partial charge in [0.2, 0.25) is 0 Å². The lowest BCUT2D eigenvalue weighted by Crippen LogP contribution is -2.13. The maximum Gasteiger partial charge on any atom is 0.290 e. The van der Waals surface area contributed by atoms with Gasteiger partial charge in [-0.1, -0.05) is 0 Å². The topological polar surface area (TPSA) is 73.0 Å². The lowest BCUT2D eigenvalue weighted by Gasteiger charge is -2.12. The van der Waals surface area contributed by atoms with E-state index in [2.05, 4.69) is 10.4 Å². The third kappa shape index (κ3) is 2.17. The van der Waals surface area contributed by atoms with E-state index in [1.54, 1.807) is 13.0 Å². The molecule has 0 saturated carbocycles. The van der Waals surface area contributed by atoms with Gasteiger partial charge in [0, 0.05) is 17.5 Å². The van der Waals surface area contributed by atoms with Crippen molar-refractivity contribution in [2.24, 2.45) is 0 Å². The normalized spacial score (nSPS) is 10.4. The molecule has 0 radical (unpaired) electrons. The molecular formula is C12H14N4O2. The Kier molecular flexibility index (Phi) is 3.01. The highest BCUT2D eigenvalue weighted by Crippen LogP contribution is 2.18. The molecule has 2 aromatic rings. The number of aryl methyl sites for hydroxylation is 3. The molecule has 0 aromatic carbocycles. The number of nitrogens with one attached hydrogen (secondary N) is 1. The standard InChI is InChI=1S/C12H14N4O2/c1-8-4-5-9(2)15(8)14-12-7-6-11(16(17)18)10(3)13-12/h4-7H,1-3H3,(H,13,14). The molecule has 0 fully saturated rings. The summed E-state index contributed by atoms with van der Waals surface area (Å²) in [6, 6.07) is 7.03. The number of nitrogens with zero attached hydrogens (tertiary/aromatic N) is 3. The van der Waals surface area contributed by atoms with Gasteiger partial charge >= 0.3 is 0 Å². The Balaban J connectivity index is 2.31. The summed E-state index contributed by atoms with van der Waals surface area (Å²) in [4.78, 5) is 14.4. The van der Waals surface area contributed by atoms with Crippen LogP contribution in [-0.4, -0.2) is 14.6 Å². The summed E-state index contributed by atoms with van der Waals surface area (Å²) >= 11 is 0. The number of hydrogen-bond acceptors (Lipinski definition) is 4. The van der Waals surface area contributed by atoms with Crippen molar-refractivity contribution in [3.8, 4) is 0 Å². The van der Waals surface area contributed by atoms with Crippen LogP contribution in [0.4, 0.5) is 11.5 Å². The Labute approximate surface area is 104 Å². The fraction of sp³-hybridized carbons (Fsp3) is 0.250. The molecule has 0 aliphatic carbocycles. The number of nitro groups is 1. The molecule has 0 spiro atoms. The molecule has 0 unspecified atom stereocenters. The molecule has 94 valence electrons. The second-order valence-electron chi connectivity index (χ2n) is 4.12. The summed E-state index contributed by atoms with van der Waals surface area (Å²) < 4.78 is 1.88. The summed E-state index contributed by atoms with van der Waals surface area (Å²) in [5, 5.41) is 10.7. The maximum atomic E-state index is 10.7. The van der Waals surface area contributed by atoms with Gasteiger partial charge in [-0.3, -0.25) is 20.2 Å². The Bertz CT molecular complexity index is 585. The Morgan fingerprint density at radius 3 is 2.28 bits per heavy atom. The van der Waals surface area contributed by atoms with Crippen molar-refractivity contribution in [3.05, 3.63) is 51.5 Å². The highest BCUT2D eigenvalue weighted by atomic mass is 16.6. The average molecular weight is 246 g/mol. The molecule has 0 bridgehead atoms. The third-order valence-corrected chi connectivity index (χ3v) is 2.75. The quantitative estimate of drug-likeness (QED) is 0.667. The van der Waals surface area contributed by atoms with Gasteiger partial charge in [0.15, 0.2) is 0 Å². The van der Waals surface area contributed by atoms with Gasteiger partial charge in [-0.2, -0.15) is 0 Å². The van der Waals surface area contributed by atoms with Gasteiger partial charge in [0.1, 0.15) is 11.5 Å². The van der Waals surface area contributed by atoms with Crippen LogP contribution in [0, 0.1) is 30.9 Å². The van der Waals surface area contributed by atoms with E-state index in [1.165, 1.54) is 6.07 Å². The van der Waals surface area contributed by atoms with E-state index in [0.29, 0.717) is 11.5 Å². The van der Waals surface area contributed by atoms with Gasteiger partial charge in [0.05, 0.1) is 4.92 Å². The summed E-state index contributed by atoms with van der Waals surface area (Å²) in [6.07, 6.45) is 0. The number of aromatic nitrogens is 2. The lowest BCUT2D eigenvalue weighted by atomic mass is 10.3. The molecule has 0 saturated heterocycles. The molecule has 2 rings (SSSR count). The second kappa shape index (κ2) is 4.48. The SMILES string of the molecule is Cc1nc(Nn2c(C)ccc2C)ccc1[N+](=O)[O-]. The van der Waals surface area contributed by atoms with Gasteiger partial charge in [-0.25, -0.2) is 4.98 Å². The van der Waals surface area contributed by atoms with Gasteiger partial charge in [-0.05, 0) is 39.0 Å². The van der Waals surface area contributed by atoms with Crippen molar-refractivity contribution >= 4 is 11.5 Å². The van der Waals surface area contributed by atoms with Gasteiger partial charge < -0.3 is 0 Å². The second-order valence-corrected chi connectivity index (χ2v) is 4.12. The first-order chi connectivity index (χ1) is 8.49. The first-order valence-electron chi connectivity index (χ1n) is 5.53. The Morgan fingerprint density at radius 2 is 1.78 bits per heavy atom. The zero-order valence-electron chi connectivity index (χ0n) is 10.5. The maximum absolute atomic E-state index is 10.7. The summed E-state index contributed by atoms with van der Waals surface area (Å²) in [7, 11) is 0. The molecular weight excluding hydrogens is 232 g/mol. The van der Waals surface area contributed by atoms with Crippen LogP contribution in [0.1, 0.15) is 17.1 Å². The molecule has 6 nitrogen and oxygen atoms in total. The molecule has 0 aliphatic rings. The molecule has 18 heavy (non-hydrogen) atoms. The van der Waals surface area contributed by atoms with Crippen molar-refractivity contribution in [1.82, 2.24) is 9.66 Å². The highest BCUT2D eigenvalue weighted by molar-refractivity contribution is 5.45. The first kappa shape index (κ1) is 12.1. The van der Waals surface area contributed by atoms with Crippen LogP contribution in [0.15, 0.2) is 24.3 Å². The van der Waals surface area contributed by atoms with Crippen molar-refractivity contribution < 1.29 is 4.92 Å². The minimum Gasteiger partial charge on any atom is -0.278 e. The lowest BCUT2D eigenvalue weighted by molar-refractivity contribution is -0.385. The first-order valence-corrected chi connectivity index (χ1v) is 5.53. The predicted octanol–water partition coefficient (Wildman–Crippen LogP) is 2.59. The Morgan fingerprint density at radius 1 is 1.17 bits per heavy atom. The number of pyridine rings is 1. The summed E-state index contributed by atoms with van der Waals surface area (Å²) in [6.45, 7) is 5.56. The predicted molar refractivity (Wildman–Crippen MR) is 68.6 cm³/mol. The van der Waals surface area contributed by atoms with Crippen molar-refractivity contribution in [2.45, 2.75) is 20.8 Å². The monoisotopic (exact) mass is 246 g/mol. The van der Waals surface area contributed by atoms with Crippen molar-refractivity contribution in [1.29, 1.82) is 0 Å². The molecule has 0 atom stereocenters. The smallest absolute Gasteiger partial charge is 0.278 e. The fourth-order valence-electron chi connectivity index (χ4n) is 1.77. The zero-order chi connectivity index (χ0) is 13.3. The number of rotatable bonds is 3. The highest BCUT2D eigenvalue weighted by Gasteiger charge is 2.12. The van der Waals surface area contributed by atoms with E-state index in [0.717, 1.165) is 11.4 Å². The minimum atomic E-state index is -0.432. The molecule has 0 aliphatic heterocycles. The van der Waals surface area contributed by atoms with Gasteiger partial charge in [-0.15, -0.1) is 0 Å². The van der Waals surface area contributed by atoms with Crippen molar-refractivity contribution in [2.75, 3.05) is 5.43 Å². The van der Waals surface area contributed by atoms with Gasteiger partial charge in [0.25, 0.3) is 5.69 Å². The number of anilines is 1. The molecule has 6 heteroatoms. The molecule has 0 amide bonds. The fourth-order valence-corrected chi connectivity index (χ4v) is 1.77. The van der Waals surface area contributed by atoms with E-state index in [9.17, 15) is 10.1 Å². The van der Waals surface area contributed by atoms with Crippen LogP contribution in [0.2, 0.25) is 0 Å². The average Bonchev–Trinajstić information content (AvgIpc) is 2.60. The van der Waals surface area contributed by atoms with Crippen molar-refractivity contribution in [3.63, 3.8) is 0 Å². The van der Waals surface area contributed by atoms with E-state index in [-0.39, 0.29) is 5.69 Å².